The van der Waals surface area contributed by atoms with E-state index in [4.69, 9.17) is 16.6 Å². The van der Waals surface area contributed by atoms with Crippen molar-refractivity contribution in [1.82, 2.24) is 19.8 Å². The molecule has 0 spiro atoms. The third kappa shape index (κ3) is 5.63. The predicted molar refractivity (Wildman–Crippen MR) is 149 cm³/mol. The number of nitrogens with one attached hydrogen (secondary N) is 1. The van der Waals surface area contributed by atoms with Crippen LogP contribution in [0.5, 0.6) is 0 Å². The number of benzene rings is 2. The molecule has 2 heterocycles. The number of hydrogen-bond donors (Lipinski definition) is 1. The number of rotatable bonds is 7. The van der Waals surface area contributed by atoms with Crippen molar-refractivity contribution in [3.8, 4) is 11.4 Å². The zero-order valence-corrected chi connectivity index (χ0v) is 22.4. The van der Waals surface area contributed by atoms with Crippen molar-refractivity contribution in [3.63, 3.8) is 0 Å². The minimum Gasteiger partial charge on any atom is -0.352 e. The molecule has 1 aromatic heterocycles. The van der Waals surface area contributed by atoms with E-state index < -0.39 is 0 Å². The maximum absolute atomic E-state index is 13.7. The number of nitrogens with zero attached hydrogens (tertiary/aromatic N) is 3. The molecule has 0 atom stereocenters. The maximum atomic E-state index is 13.7. The van der Waals surface area contributed by atoms with E-state index in [2.05, 4.69) is 16.3 Å². The van der Waals surface area contributed by atoms with Crippen LogP contribution in [0.4, 0.5) is 0 Å². The van der Waals surface area contributed by atoms with Crippen molar-refractivity contribution in [1.29, 1.82) is 0 Å². The fraction of sp³-hybridized carbons (Fsp3) is 0.464. The largest absolute Gasteiger partial charge is 0.352 e. The van der Waals surface area contributed by atoms with Gasteiger partial charge in [0.15, 0.2) is 0 Å². The number of thioether (sulfide) groups is 1. The highest BCUT2D eigenvalue weighted by atomic mass is 35.5. The zero-order valence-electron chi connectivity index (χ0n) is 20.9. The lowest BCUT2D eigenvalue weighted by atomic mass is 9.71. The first-order valence-corrected chi connectivity index (χ1v) is 14.3. The van der Waals surface area contributed by atoms with Crippen molar-refractivity contribution in [2.45, 2.75) is 45.2 Å². The third-order valence-corrected chi connectivity index (χ3v) is 8.32. The van der Waals surface area contributed by atoms with Crippen molar-refractivity contribution >= 4 is 40.2 Å². The molecule has 2 fully saturated rings. The highest BCUT2D eigenvalue weighted by Crippen LogP contribution is 2.42. The fourth-order valence-corrected chi connectivity index (χ4v) is 6.47. The molecule has 190 valence electrons. The van der Waals surface area contributed by atoms with Gasteiger partial charge in [-0.1, -0.05) is 29.8 Å². The quantitative estimate of drug-likeness (QED) is 0.481. The Morgan fingerprint density at radius 1 is 1.17 bits per heavy atom. The van der Waals surface area contributed by atoms with Crippen LogP contribution >= 0.6 is 23.4 Å². The standard InChI is InChI=1S/C28H33ClN4O2S/c1-18(2)30-26(34)17-33-27(21-4-3-5-23(29)14-21)31-25-7-6-20(15-24(25)28(33)35)22-12-19(13-22)16-32-8-10-36-11-9-32/h3-7,14-15,18-19,22H,8-13,16-17H2,1-2H3,(H,30,34). The number of carbonyl (C=O) groups is 1. The highest BCUT2D eigenvalue weighted by molar-refractivity contribution is 7.99. The fourth-order valence-electron chi connectivity index (χ4n) is 5.30. The second-order valence-electron chi connectivity index (χ2n) is 10.3. The van der Waals surface area contributed by atoms with Gasteiger partial charge in [-0.05, 0) is 68.4 Å². The third-order valence-electron chi connectivity index (χ3n) is 7.14. The summed E-state index contributed by atoms with van der Waals surface area (Å²) in [4.78, 5) is 33.8. The number of fused-ring (bicyclic) bond motifs is 1. The zero-order chi connectivity index (χ0) is 25.2. The Balaban J connectivity index is 1.44. The molecule has 2 aliphatic rings. The van der Waals surface area contributed by atoms with Crippen molar-refractivity contribution in [2.24, 2.45) is 5.92 Å². The van der Waals surface area contributed by atoms with E-state index in [1.54, 1.807) is 12.1 Å². The van der Waals surface area contributed by atoms with E-state index in [0.29, 0.717) is 33.2 Å². The van der Waals surface area contributed by atoms with E-state index in [-0.39, 0.29) is 24.1 Å². The normalized spacial score (nSPS) is 20.4. The molecule has 5 rings (SSSR count). The first-order valence-electron chi connectivity index (χ1n) is 12.8. The van der Waals surface area contributed by atoms with Gasteiger partial charge in [-0.3, -0.25) is 14.2 Å². The van der Waals surface area contributed by atoms with Crippen LogP contribution in [0, 0.1) is 5.92 Å². The van der Waals surface area contributed by atoms with Crippen LogP contribution in [-0.2, 0) is 11.3 Å². The van der Waals surface area contributed by atoms with Crippen molar-refractivity contribution in [2.75, 3.05) is 31.1 Å². The molecule has 1 amide bonds. The molecule has 0 unspecified atom stereocenters. The molecule has 1 aliphatic carbocycles. The summed E-state index contributed by atoms with van der Waals surface area (Å²) in [5.41, 5.74) is 2.35. The van der Waals surface area contributed by atoms with Gasteiger partial charge in [0.25, 0.3) is 5.56 Å². The average Bonchev–Trinajstić information content (AvgIpc) is 2.83. The molecule has 6 nitrogen and oxygen atoms in total. The molecule has 0 bridgehead atoms. The van der Waals surface area contributed by atoms with Gasteiger partial charge < -0.3 is 10.2 Å². The second kappa shape index (κ2) is 11.0. The van der Waals surface area contributed by atoms with E-state index in [0.717, 1.165) is 18.8 Å². The van der Waals surface area contributed by atoms with Gasteiger partial charge in [0.1, 0.15) is 12.4 Å². The lowest BCUT2D eigenvalue weighted by Crippen LogP contribution is -2.40. The summed E-state index contributed by atoms with van der Waals surface area (Å²) in [6, 6.07) is 13.3. The molecule has 1 aliphatic heterocycles. The lowest BCUT2D eigenvalue weighted by Gasteiger charge is -2.40. The SMILES string of the molecule is CC(C)NC(=O)Cn1c(-c2cccc(Cl)c2)nc2ccc(C3CC(CN4CCSCC4)C3)cc2c1=O. The molecular weight excluding hydrogens is 492 g/mol. The van der Waals surface area contributed by atoms with E-state index in [1.807, 2.05) is 49.9 Å². The number of hydrogen-bond acceptors (Lipinski definition) is 5. The maximum Gasteiger partial charge on any atom is 0.262 e. The van der Waals surface area contributed by atoms with E-state index >= 15 is 0 Å². The first kappa shape index (κ1) is 25.3. The van der Waals surface area contributed by atoms with Crippen LogP contribution in [0.2, 0.25) is 5.02 Å². The van der Waals surface area contributed by atoms with Crippen LogP contribution in [0.25, 0.3) is 22.3 Å². The Kier molecular flexibility index (Phi) is 7.70. The number of carbonyl (C=O) groups excluding carboxylic acids is 1. The number of amides is 1. The predicted octanol–water partition coefficient (Wildman–Crippen LogP) is 4.78. The number of aromatic nitrogens is 2. The van der Waals surface area contributed by atoms with Crippen molar-refractivity contribution < 1.29 is 4.79 Å². The molecular formula is C28H33ClN4O2S. The molecule has 1 N–H and O–H groups in total. The van der Waals surface area contributed by atoms with E-state index in [1.165, 1.54) is 41.3 Å². The van der Waals surface area contributed by atoms with Gasteiger partial charge in [0.2, 0.25) is 5.91 Å². The van der Waals surface area contributed by atoms with Gasteiger partial charge in [-0.15, -0.1) is 0 Å². The Hall–Kier alpha value is -2.35. The van der Waals surface area contributed by atoms with Crippen molar-refractivity contribution in [3.05, 3.63) is 63.4 Å². The average molecular weight is 525 g/mol. The second-order valence-corrected chi connectivity index (χ2v) is 11.9. The minimum atomic E-state index is -0.217. The van der Waals surface area contributed by atoms with Crippen LogP contribution in [0.1, 0.15) is 38.2 Å². The summed E-state index contributed by atoms with van der Waals surface area (Å²) in [6.45, 7) is 7.30. The summed E-state index contributed by atoms with van der Waals surface area (Å²) >= 11 is 8.28. The van der Waals surface area contributed by atoms with Gasteiger partial charge in [0, 0.05) is 47.8 Å². The van der Waals surface area contributed by atoms with Gasteiger partial charge in [0.05, 0.1) is 10.9 Å². The summed E-state index contributed by atoms with van der Waals surface area (Å²) < 4.78 is 1.48. The Bertz CT molecular complexity index is 1310. The Labute approximate surface area is 221 Å². The smallest absolute Gasteiger partial charge is 0.262 e. The monoisotopic (exact) mass is 524 g/mol. The summed E-state index contributed by atoms with van der Waals surface area (Å²) in [6.07, 6.45) is 2.32. The highest BCUT2D eigenvalue weighted by Gasteiger charge is 2.32. The molecule has 0 radical (unpaired) electrons. The molecule has 1 saturated carbocycles. The summed E-state index contributed by atoms with van der Waals surface area (Å²) in [5, 5.41) is 4.00. The van der Waals surface area contributed by atoms with Crippen LogP contribution in [-0.4, -0.2) is 57.5 Å². The Morgan fingerprint density at radius 2 is 1.94 bits per heavy atom. The van der Waals surface area contributed by atoms with Gasteiger partial charge in [-0.2, -0.15) is 11.8 Å². The Morgan fingerprint density at radius 3 is 2.67 bits per heavy atom. The molecule has 36 heavy (non-hydrogen) atoms. The van der Waals surface area contributed by atoms with E-state index in [9.17, 15) is 9.59 Å². The van der Waals surface area contributed by atoms with Gasteiger partial charge in [-0.25, -0.2) is 4.98 Å². The van der Waals surface area contributed by atoms with Gasteiger partial charge >= 0.3 is 0 Å². The summed E-state index contributed by atoms with van der Waals surface area (Å²) in [7, 11) is 0. The summed E-state index contributed by atoms with van der Waals surface area (Å²) in [5.74, 6) is 3.92. The molecule has 8 heteroatoms. The number of halogens is 1. The minimum absolute atomic E-state index is 0.0157. The molecule has 1 saturated heterocycles. The topological polar surface area (TPSA) is 67.2 Å². The lowest BCUT2D eigenvalue weighted by molar-refractivity contribution is -0.122. The van der Waals surface area contributed by atoms with Crippen LogP contribution in [0.3, 0.4) is 0 Å². The molecule has 2 aromatic carbocycles. The molecule has 3 aromatic rings. The van der Waals surface area contributed by atoms with Crippen LogP contribution < -0.4 is 10.9 Å². The van der Waals surface area contributed by atoms with Crippen LogP contribution in [0.15, 0.2) is 47.3 Å². The first-order chi connectivity index (χ1) is 17.4.